The van der Waals surface area contributed by atoms with E-state index >= 15 is 0 Å². The summed E-state index contributed by atoms with van der Waals surface area (Å²) < 4.78 is 0. The molecule has 0 aliphatic heterocycles. The normalized spacial score (nSPS) is 15.9. The number of para-hydroxylation sites is 1. The Morgan fingerprint density at radius 3 is 2.90 bits per heavy atom. The molecule has 2 N–H and O–H groups in total. The van der Waals surface area contributed by atoms with Gasteiger partial charge in [0.1, 0.15) is 0 Å². The fourth-order valence-corrected chi connectivity index (χ4v) is 2.46. The minimum absolute atomic E-state index is 0.125. The molecule has 0 saturated heterocycles. The quantitative estimate of drug-likeness (QED) is 0.879. The van der Waals surface area contributed by atoms with Gasteiger partial charge >= 0.3 is 5.97 Å². The van der Waals surface area contributed by atoms with Crippen LogP contribution in [0, 0.1) is 5.92 Å². The molecule has 3 rings (SSSR count). The molecular weight excluding hydrogens is 270 g/mol. The maximum Gasteiger partial charge on any atom is 0.308 e. The van der Waals surface area contributed by atoms with Gasteiger partial charge in [-0.15, -0.1) is 0 Å². The number of carbonyl (C=O) groups excluding carboxylic acids is 1. The fourth-order valence-electron chi connectivity index (χ4n) is 2.46. The van der Waals surface area contributed by atoms with Gasteiger partial charge in [-0.1, -0.05) is 19.1 Å². The van der Waals surface area contributed by atoms with Crippen LogP contribution in [0.3, 0.4) is 0 Å². The van der Waals surface area contributed by atoms with Crippen LogP contribution in [-0.2, 0) is 4.79 Å². The Kier molecular flexibility index (Phi) is 3.37. The molecule has 0 radical (unpaired) electrons. The van der Waals surface area contributed by atoms with Crippen molar-refractivity contribution in [3.05, 3.63) is 30.0 Å². The van der Waals surface area contributed by atoms with Crippen LogP contribution in [0.1, 0.15) is 30.1 Å². The van der Waals surface area contributed by atoms with E-state index in [0.717, 1.165) is 18.2 Å². The minimum Gasteiger partial charge on any atom is -0.481 e. The summed E-state index contributed by atoms with van der Waals surface area (Å²) >= 11 is 0. The molecule has 110 valence electrons. The molecule has 1 aromatic heterocycles. The van der Waals surface area contributed by atoms with Gasteiger partial charge in [-0.25, -0.2) is 0 Å². The predicted molar refractivity (Wildman–Crippen MR) is 77.0 cm³/mol. The maximum atomic E-state index is 12.8. The van der Waals surface area contributed by atoms with E-state index in [1.54, 1.807) is 24.1 Å². The van der Waals surface area contributed by atoms with Crippen LogP contribution in [0.4, 0.5) is 0 Å². The zero-order valence-corrected chi connectivity index (χ0v) is 11.7. The third-order valence-electron chi connectivity index (χ3n) is 3.85. The van der Waals surface area contributed by atoms with E-state index in [1.807, 2.05) is 12.1 Å². The Bertz CT molecular complexity index is 690. The smallest absolute Gasteiger partial charge is 0.308 e. The summed E-state index contributed by atoms with van der Waals surface area (Å²) in [6.07, 6.45) is 3.56. The second kappa shape index (κ2) is 5.20. The van der Waals surface area contributed by atoms with Crippen LogP contribution >= 0.6 is 0 Å². The number of H-pyrrole nitrogens is 1. The molecule has 6 heteroatoms. The highest BCUT2D eigenvalue weighted by molar-refractivity contribution is 6.05. The summed E-state index contributed by atoms with van der Waals surface area (Å²) in [6, 6.07) is 5.62. The Morgan fingerprint density at radius 2 is 2.24 bits per heavy atom. The number of hydrogen-bond acceptors (Lipinski definition) is 3. The number of aromatic amines is 1. The lowest BCUT2D eigenvalue weighted by Gasteiger charge is -2.24. The molecule has 0 spiro atoms. The van der Waals surface area contributed by atoms with Crippen molar-refractivity contribution in [3.63, 3.8) is 0 Å². The molecule has 2 aromatic rings. The number of fused-ring (bicyclic) bond motifs is 1. The summed E-state index contributed by atoms with van der Waals surface area (Å²) in [6.45, 7) is 1.87. The second-order valence-corrected chi connectivity index (χ2v) is 5.57. The lowest BCUT2D eigenvalue weighted by atomic mass is 10.1. The highest BCUT2D eigenvalue weighted by Gasteiger charge is 2.35. The van der Waals surface area contributed by atoms with Gasteiger partial charge in [0.15, 0.2) is 0 Å². The first-order valence-electron chi connectivity index (χ1n) is 7.04. The Balaban J connectivity index is 1.90. The van der Waals surface area contributed by atoms with Crippen molar-refractivity contribution in [1.82, 2.24) is 15.1 Å². The highest BCUT2D eigenvalue weighted by Crippen LogP contribution is 2.30. The first-order valence-corrected chi connectivity index (χ1v) is 7.04. The van der Waals surface area contributed by atoms with E-state index in [2.05, 4.69) is 10.2 Å². The van der Waals surface area contributed by atoms with Crippen LogP contribution in [-0.4, -0.2) is 44.7 Å². The third kappa shape index (κ3) is 2.61. The van der Waals surface area contributed by atoms with Crippen molar-refractivity contribution in [2.45, 2.75) is 25.8 Å². The zero-order chi connectivity index (χ0) is 15.0. The molecular formula is C15H17N3O3. The highest BCUT2D eigenvalue weighted by atomic mass is 16.4. The molecule has 1 saturated carbocycles. The molecule has 1 unspecified atom stereocenters. The van der Waals surface area contributed by atoms with E-state index in [4.69, 9.17) is 5.11 Å². The number of carboxylic acid groups (broad SMARTS) is 1. The Hall–Kier alpha value is -2.37. The van der Waals surface area contributed by atoms with Crippen molar-refractivity contribution >= 4 is 22.8 Å². The molecule has 21 heavy (non-hydrogen) atoms. The average Bonchev–Trinajstić information content (AvgIpc) is 3.19. The summed E-state index contributed by atoms with van der Waals surface area (Å²) in [5.41, 5.74) is 1.26. The number of rotatable bonds is 5. The number of aromatic nitrogens is 2. The first kappa shape index (κ1) is 13.6. The van der Waals surface area contributed by atoms with E-state index in [0.29, 0.717) is 11.1 Å². The Labute approximate surface area is 121 Å². The van der Waals surface area contributed by atoms with Crippen LogP contribution in [0.15, 0.2) is 24.4 Å². The monoisotopic (exact) mass is 287 g/mol. The SMILES string of the molecule is CC(CN(C(=O)c1cccc2cn[nH]c12)C1CC1)C(=O)O. The number of carboxylic acids is 1. The predicted octanol–water partition coefficient (Wildman–Crippen LogP) is 1.89. The number of aliphatic carboxylic acids is 1. The summed E-state index contributed by atoms with van der Waals surface area (Å²) in [5, 5.41) is 16.8. The van der Waals surface area contributed by atoms with E-state index in [-0.39, 0.29) is 18.5 Å². The van der Waals surface area contributed by atoms with Gasteiger partial charge in [0.05, 0.1) is 23.2 Å². The van der Waals surface area contributed by atoms with Gasteiger partial charge in [-0.2, -0.15) is 5.10 Å². The minimum atomic E-state index is -0.881. The van der Waals surface area contributed by atoms with E-state index < -0.39 is 11.9 Å². The summed E-state index contributed by atoms with van der Waals surface area (Å²) in [4.78, 5) is 25.5. The van der Waals surface area contributed by atoms with E-state index in [9.17, 15) is 9.59 Å². The lowest BCUT2D eigenvalue weighted by Crippen LogP contribution is -2.38. The molecule has 6 nitrogen and oxygen atoms in total. The summed E-state index contributed by atoms with van der Waals surface area (Å²) in [7, 11) is 0. The zero-order valence-electron chi connectivity index (χ0n) is 11.7. The van der Waals surface area contributed by atoms with Crippen LogP contribution in [0.5, 0.6) is 0 Å². The summed E-state index contributed by atoms with van der Waals surface area (Å²) in [5.74, 6) is -1.58. The largest absolute Gasteiger partial charge is 0.481 e. The first-order chi connectivity index (χ1) is 10.1. The number of nitrogens with one attached hydrogen (secondary N) is 1. The molecule has 1 aromatic carbocycles. The van der Waals surface area contributed by atoms with Gasteiger partial charge in [0.25, 0.3) is 5.91 Å². The maximum absolute atomic E-state index is 12.8. The van der Waals surface area contributed by atoms with E-state index in [1.165, 1.54) is 0 Å². The number of nitrogens with zero attached hydrogens (tertiary/aromatic N) is 2. The van der Waals surface area contributed by atoms with Crippen LogP contribution in [0.25, 0.3) is 10.9 Å². The van der Waals surface area contributed by atoms with Gasteiger partial charge in [-0.05, 0) is 18.9 Å². The Morgan fingerprint density at radius 1 is 1.48 bits per heavy atom. The fraction of sp³-hybridized carbons (Fsp3) is 0.400. The third-order valence-corrected chi connectivity index (χ3v) is 3.85. The van der Waals surface area contributed by atoms with Crippen LogP contribution < -0.4 is 0 Å². The van der Waals surface area contributed by atoms with Crippen molar-refractivity contribution in [2.75, 3.05) is 6.54 Å². The molecule has 1 amide bonds. The second-order valence-electron chi connectivity index (χ2n) is 5.57. The van der Waals surface area contributed by atoms with Gasteiger partial charge in [0, 0.05) is 18.0 Å². The standard InChI is InChI=1S/C15H17N3O3/c1-9(15(20)21)8-18(11-5-6-11)14(19)12-4-2-3-10-7-16-17-13(10)12/h2-4,7,9,11H,5-6,8H2,1H3,(H,16,17)(H,20,21). The average molecular weight is 287 g/mol. The van der Waals surface area contributed by atoms with Crippen molar-refractivity contribution in [1.29, 1.82) is 0 Å². The van der Waals surface area contributed by atoms with Crippen molar-refractivity contribution in [2.24, 2.45) is 5.92 Å². The van der Waals surface area contributed by atoms with Crippen LogP contribution in [0.2, 0.25) is 0 Å². The number of amides is 1. The number of benzene rings is 1. The molecule has 1 aliphatic carbocycles. The molecule has 1 aliphatic rings. The molecule has 0 bridgehead atoms. The van der Waals surface area contributed by atoms with Crippen molar-refractivity contribution < 1.29 is 14.7 Å². The molecule has 1 fully saturated rings. The topological polar surface area (TPSA) is 86.3 Å². The van der Waals surface area contributed by atoms with Gasteiger partial charge in [-0.3, -0.25) is 14.7 Å². The number of hydrogen-bond donors (Lipinski definition) is 2. The van der Waals surface area contributed by atoms with Crippen molar-refractivity contribution in [3.8, 4) is 0 Å². The van der Waals surface area contributed by atoms with Gasteiger partial charge in [0.2, 0.25) is 0 Å². The molecule has 1 atom stereocenters. The molecule has 1 heterocycles. The lowest BCUT2D eigenvalue weighted by molar-refractivity contribution is -0.141. The van der Waals surface area contributed by atoms with Gasteiger partial charge < -0.3 is 10.0 Å². The number of carbonyl (C=O) groups is 2.